The van der Waals surface area contributed by atoms with Gasteiger partial charge in [-0.2, -0.15) is 0 Å². The van der Waals surface area contributed by atoms with Gasteiger partial charge in [-0.3, -0.25) is 4.79 Å². The molecule has 2 rings (SSSR count). The zero-order chi connectivity index (χ0) is 11.4. The van der Waals surface area contributed by atoms with E-state index in [1.165, 1.54) is 19.3 Å². The van der Waals surface area contributed by atoms with Crippen LogP contribution < -0.4 is 5.32 Å². The Kier molecular flexibility index (Phi) is 4.18. The van der Waals surface area contributed by atoms with E-state index >= 15 is 0 Å². The quantitative estimate of drug-likeness (QED) is 0.737. The zero-order valence-electron chi connectivity index (χ0n) is 9.82. The highest BCUT2D eigenvalue weighted by molar-refractivity contribution is 5.83. The molecule has 0 aromatic carbocycles. The Bertz CT molecular complexity index is 237. The predicted molar refractivity (Wildman–Crippen MR) is 62.1 cm³/mol. The summed E-state index contributed by atoms with van der Waals surface area (Å²) in [5.41, 5.74) is 0. The smallest absolute Gasteiger partial charge is 0.240 e. The van der Waals surface area contributed by atoms with Gasteiger partial charge in [0.25, 0.3) is 0 Å². The third kappa shape index (κ3) is 2.55. The van der Waals surface area contributed by atoms with Gasteiger partial charge in [0.2, 0.25) is 5.91 Å². The Morgan fingerprint density at radius 1 is 1.31 bits per heavy atom. The maximum absolute atomic E-state index is 12.2. The molecule has 0 spiro atoms. The summed E-state index contributed by atoms with van der Waals surface area (Å²) in [6, 6.07) is 0.310. The summed E-state index contributed by atoms with van der Waals surface area (Å²) in [5, 5.41) is 12.1. The lowest BCUT2D eigenvalue weighted by molar-refractivity contribution is -0.139. The van der Waals surface area contributed by atoms with E-state index in [0.29, 0.717) is 12.5 Å². The van der Waals surface area contributed by atoms with Gasteiger partial charge in [-0.1, -0.05) is 19.3 Å². The molecule has 4 nitrogen and oxygen atoms in total. The number of aliphatic hydroxyl groups is 1. The second-order valence-electron chi connectivity index (χ2n) is 4.84. The van der Waals surface area contributed by atoms with Crippen LogP contribution in [0.3, 0.4) is 0 Å². The number of amides is 1. The highest BCUT2D eigenvalue weighted by Crippen LogP contribution is 2.24. The lowest BCUT2D eigenvalue weighted by Crippen LogP contribution is -2.58. The van der Waals surface area contributed by atoms with Crippen LogP contribution in [0.25, 0.3) is 0 Å². The molecule has 0 aromatic rings. The van der Waals surface area contributed by atoms with Gasteiger partial charge in [0.1, 0.15) is 0 Å². The maximum atomic E-state index is 12.2. The standard InChI is InChI=1S/C12H22N2O2/c15-9-6-11-12(16)14(8-7-13-11)10-4-2-1-3-5-10/h10-11,13,15H,1-9H2. The molecular weight excluding hydrogens is 204 g/mol. The molecule has 1 unspecified atom stereocenters. The fourth-order valence-corrected chi connectivity index (χ4v) is 2.87. The molecule has 1 heterocycles. The van der Waals surface area contributed by atoms with Gasteiger partial charge in [-0.05, 0) is 19.3 Å². The van der Waals surface area contributed by atoms with E-state index in [9.17, 15) is 4.79 Å². The van der Waals surface area contributed by atoms with Crippen molar-refractivity contribution in [3.63, 3.8) is 0 Å². The molecule has 0 bridgehead atoms. The molecule has 1 saturated heterocycles. The van der Waals surface area contributed by atoms with Crippen molar-refractivity contribution in [2.45, 2.75) is 50.6 Å². The van der Waals surface area contributed by atoms with Gasteiger partial charge >= 0.3 is 0 Å². The van der Waals surface area contributed by atoms with Crippen LogP contribution in [0.4, 0.5) is 0 Å². The van der Waals surface area contributed by atoms with Crippen molar-refractivity contribution in [2.75, 3.05) is 19.7 Å². The summed E-state index contributed by atoms with van der Waals surface area (Å²) in [6.07, 6.45) is 6.70. The molecule has 92 valence electrons. The average molecular weight is 226 g/mol. The zero-order valence-corrected chi connectivity index (χ0v) is 9.82. The molecule has 16 heavy (non-hydrogen) atoms. The first-order chi connectivity index (χ1) is 7.83. The minimum Gasteiger partial charge on any atom is -0.396 e. The summed E-state index contributed by atoms with van der Waals surface area (Å²) in [5.74, 6) is 0.201. The van der Waals surface area contributed by atoms with Crippen LogP contribution in [0.5, 0.6) is 0 Å². The molecule has 2 fully saturated rings. The van der Waals surface area contributed by atoms with Crippen LogP contribution in [0.2, 0.25) is 0 Å². The monoisotopic (exact) mass is 226 g/mol. The largest absolute Gasteiger partial charge is 0.396 e. The number of carbonyl (C=O) groups is 1. The van der Waals surface area contributed by atoms with Gasteiger partial charge in [0.15, 0.2) is 0 Å². The van der Waals surface area contributed by atoms with Gasteiger partial charge < -0.3 is 15.3 Å². The van der Waals surface area contributed by atoms with Gasteiger partial charge in [0.05, 0.1) is 6.04 Å². The maximum Gasteiger partial charge on any atom is 0.240 e. The lowest BCUT2D eigenvalue weighted by atomic mass is 9.93. The lowest BCUT2D eigenvalue weighted by Gasteiger charge is -2.40. The molecule has 0 aromatic heterocycles. The normalized spacial score (nSPS) is 28.4. The Balaban J connectivity index is 1.94. The third-order valence-electron chi connectivity index (χ3n) is 3.76. The van der Waals surface area contributed by atoms with E-state index in [1.54, 1.807) is 0 Å². The van der Waals surface area contributed by atoms with E-state index in [0.717, 1.165) is 25.9 Å². The minimum atomic E-state index is -0.152. The van der Waals surface area contributed by atoms with E-state index in [1.807, 2.05) is 0 Å². The van der Waals surface area contributed by atoms with E-state index in [-0.39, 0.29) is 18.6 Å². The molecule has 1 saturated carbocycles. The number of piperazine rings is 1. The summed E-state index contributed by atoms with van der Waals surface area (Å²) >= 11 is 0. The summed E-state index contributed by atoms with van der Waals surface area (Å²) in [6.45, 7) is 1.79. The molecule has 1 aliphatic carbocycles. The van der Waals surface area contributed by atoms with Crippen molar-refractivity contribution < 1.29 is 9.90 Å². The van der Waals surface area contributed by atoms with E-state index in [4.69, 9.17) is 5.11 Å². The van der Waals surface area contributed by atoms with Crippen molar-refractivity contribution in [1.82, 2.24) is 10.2 Å². The number of aliphatic hydroxyl groups excluding tert-OH is 1. The molecule has 1 aliphatic heterocycles. The van der Waals surface area contributed by atoms with E-state index in [2.05, 4.69) is 10.2 Å². The van der Waals surface area contributed by atoms with Crippen molar-refractivity contribution >= 4 is 5.91 Å². The average Bonchev–Trinajstić information content (AvgIpc) is 2.33. The van der Waals surface area contributed by atoms with Gasteiger partial charge in [0, 0.05) is 25.7 Å². The Hall–Kier alpha value is -0.610. The Morgan fingerprint density at radius 2 is 2.06 bits per heavy atom. The molecule has 1 amide bonds. The third-order valence-corrected chi connectivity index (χ3v) is 3.76. The molecule has 2 N–H and O–H groups in total. The summed E-state index contributed by atoms with van der Waals surface area (Å²) < 4.78 is 0. The summed E-state index contributed by atoms with van der Waals surface area (Å²) in [4.78, 5) is 14.2. The second-order valence-corrected chi connectivity index (χ2v) is 4.84. The number of nitrogens with zero attached hydrogens (tertiary/aromatic N) is 1. The summed E-state index contributed by atoms with van der Waals surface area (Å²) in [7, 11) is 0. The van der Waals surface area contributed by atoms with Crippen molar-refractivity contribution in [3.8, 4) is 0 Å². The Morgan fingerprint density at radius 3 is 2.75 bits per heavy atom. The van der Waals surface area contributed by atoms with Crippen LogP contribution in [0.1, 0.15) is 38.5 Å². The van der Waals surface area contributed by atoms with Crippen LogP contribution >= 0.6 is 0 Å². The first kappa shape index (κ1) is 11.9. The van der Waals surface area contributed by atoms with Crippen LogP contribution in [-0.2, 0) is 4.79 Å². The van der Waals surface area contributed by atoms with Crippen LogP contribution in [0, 0.1) is 0 Å². The second kappa shape index (κ2) is 5.64. The van der Waals surface area contributed by atoms with Crippen LogP contribution in [-0.4, -0.2) is 47.7 Å². The first-order valence-electron chi connectivity index (χ1n) is 6.47. The number of carbonyl (C=O) groups excluding carboxylic acids is 1. The fourth-order valence-electron chi connectivity index (χ4n) is 2.87. The minimum absolute atomic E-state index is 0.0852. The number of nitrogens with one attached hydrogen (secondary N) is 1. The van der Waals surface area contributed by atoms with Crippen molar-refractivity contribution in [1.29, 1.82) is 0 Å². The number of hydrogen-bond acceptors (Lipinski definition) is 3. The molecule has 2 aliphatic rings. The molecule has 0 radical (unpaired) electrons. The van der Waals surface area contributed by atoms with Gasteiger partial charge in [-0.15, -0.1) is 0 Å². The topological polar surface area (TPSA) is 52.6 Å². The first-order valence-corrected chi connectivity index (χ1v) is 6.47. The predicted octanol–water partition coefficient (Wildman–Crippen LogP) is 0.502. The number of rotatable bonds is 3. The van der Waals surface area contributed by atoms with E-state index < -0.39 is 0 Å². The number of hydrogen-bond donors (Lipinski definition) is 2. The SMILES string of the molecule is O=C1C(CCO)NCCN1C1CCCCC1. The van der Waals surface area contributed by atoms with Crippen molar-refractivity contribution in [2.24, 2.45) is 0 Å². The fraction of sp³-hybridized carbons (Fsp3) is 0.917. The van der Waals surface area contributed by atoms with Crippen molar-refractivity contribution in [3.05, 3.63) is 0 Å². The molecular formula is C12H22N2O2. The van der Waals surface area contributed by atoms with Gasteiger partial charge in [-0.25, -0.2) is 0 Å². The highest BCUT2D eigenvalue weighted by atomic mass is 16.3. The highest BCUT2D eigenvalue weighted by Gasteiger charge is 2.32. The molecule has 1 atom stereocenters. The van der Waals surface area contributed by atoms with Crippen LogP contribution in [0.15, 0.2) is 0 Å². The molecule has 4 heteroatoms. The Labute approximate surface area is 97.0 Å².